The van der Waals surface area contributed by atoms with E-state index in [1.54, 1.807) is 11.0 Å². The van der Waals surface area contributed by atoms with Crippen LogP contribution in [0.4, 0.5) is 31.6 Å². The van der Waals surface area contributed by atoms with Gasteiger partial charge in [-0.3, -0.25) is 10.6 Å². The second-order valence-electron chi connectivity index (χ2n) is 9.78. The molecule has 39 heavy (non-hydrogen) atoms. The third-order valence-electron chi connectivity index (χ3n) is 7.06. The van der Waals surface area contributed by atoms with Gasteiger partial charge < -0.3 is 24.2 Å². The largest absolute Gasteiger partial charge is 0.477 e. The minimum absolute atomic E-state index is 0. The summed E-state index contributed by atoms with van der Waals surface area (Å²) in [5.74, 6) is 1.17. The topological polar surface area (TPSA) is 138 Å². The van der Waals surface area contributed by atoms with Gasteiger partial charge in [0.25, 0.3) is 0 Å². The molecule has 0 unspecified atom stereocenters. The van der Waals surface area contributed by atoms with Crippen LogP contribution < -0.4 is 20.3 Å². The van der Waals surface area contributed by atoms with Crippen LogP contribution in [0.15, 0.2) is 24.7 Å². The van der Waals surface area contributed by atoms with Gasteiger partial charge in [-0.25, -0.2) is 28.9 Å². The highest BCUT2D eigenvalue weighted by molar-refractivity contribution is 5.88. The van der Waals surface area contributed by atoms with Gasteiger partial charge in [-0.2, -0.15) is 4.98 Å². The monoisotopic (exact) mass is 549 g/mol. The molecule has 2 N–H and O–H groups in total. The van der Waals surface area contributed by atoms with Gasteiger partial charge in [0.2, 0.25) is 11.8 Å². The lowest BCUT2D eigenvalue weighted by molar-refractivity contribution is 0.0440. The molecule has 4 heterocycles. The Labute approximate surface area is 230 Å². The summed E-state index contributed by atoms with van der Waals surface area (Å²) in [4.78, 5) is 47.5. The van der Waals surface area contributed by atoms with E-state index in [-0.39, 0.29) is 33.6 Å². The van der Waals surface area contributed by atoms with Crippen molar-refractivity contribution in [3.63, 3.8) is 0 Å². The van der Waals surface area contributed by atoms with Gasteiger partial charge in [0, 0.05) is 41.8 Å². The average molecular weight is 550 g/mol. The Bertz CT molecular complexity index is 1140. The zero-order chi connectivity index (χ0) is 27.9. The minimum atomic E-state index is -1.24. The molecule has 0 aliphatic carbocycles. The van der Waals surface area contributed by atoms with E-state index in [9.17, 15) is 14.0 Å². The fourth-order valence-corrected chi connectivity index (χ4v) is 4.61. The van der Waals surface area contributed by atoms with Crippen LogP contribution in [0.2, 0.25) is 0 Å². The number of aromatic nitrogens is 4. The summed E-state index contributed by atoms with van der Waals surface area (Å²) in [6, 6.07) is 0.623. The number of carbonyl (C=O) groups excluding carboxylic acids is 2. The van der Waals surface area contributed by atoms with Crippen LogP contribution in [0.25, 0.3) is 0 Å². The second-order valence-corrected chi connectivity index (χ2v) is 9.78. The van der Waals surface area contributed by atoms with Crippen molar-refractivity contribution in [2.45, 2.75) is 57.5 Å². The van der Waals surface area contributed by atoms with Crippen molar-refractivity contribution in [3.05, 3.63) is 24.7 Å². The lowest BCUT2D eigenvalue weighted by Gasteiger charge is -2.39. The predicted octanol–water partition coefficient (Wildman–Crippen LogP) is 3.27. The molecule has 2 aromatic heterocycles. The van der Waals surface area contributed by atoms with Gasteiger partial charge in [-0.15, -0.1) is 0 Å². The van der Waals surface area contributed by atoms with E-state index in [1.165, 1.54) is 30.5 Å². The summed E-state index contributed by atoms with van der Waals surface area (Å²) in [5, 5.41) is 5.30. The summed E-state index contributed by atoms with van der Waals surface area (Å²) in [5.41, 5.74) is 0. The summed E-state index contributed by atoms with van der Waals surface area (Å²) in [7, 11) is 3.58. The number of alkyl halides is 1. The summed E-state index contributed by atoms with van der Waals surface area (Å²) in [6.07, 6.45) is 4.06. The number of urea groups is 1. The number of amides is 3. The Morgan fingerprint density at radius 1 is 1.18 bits per heavy atom. The number of hydrogen-bond donors (Lipinski definition) is 2. The minimum Gasteiger partial charge on any atom is -0.477 e. The normalized spacial score (nSPS) is 23.6. The molecule has 0 bridgehead atoms. The number of rotatable bonds is 7. The van der Waals surface area contributed by atoms with Gasteiger partial charge in [0.15, 0.2) is 5.82 Å². The number of nitrogens with one attached hydrogen (secondary N) is 2. The van der Waals surface area contributed by atoms with E-state index in [2.05, 4.69) is 49.4 Å². The maximum atomic E-state index is 14.9. The molecule has 2 aromatic rings. The molecule has 0 saturated carbocycles. The number of halogens is 1. The first-order chi connectivity index (χ1) is 18.7. The second kappa shape index (κ2) is 12.8. The molecule has 2 aliphatic heterocycles. The van der Waals surface area contributed by atoms with E-state index in [0.717, 1.165) is 19.4 Å². The highest BCUT2D eigenvalue weighted by atomic mass is 19.1. The number of likely N-dealkylation sites (tertiary alicyclic amines) is 1. The molecular weight excluding hydrogens is 509 g/mol. The Morgan fingerprint density at radius 2 is 2.00 bits per heavy atom. The zero-order valence-electron chi connectivity index (χ0n) is 22.7. The average Bonchev–Trinajstić information content (AvgIpc) is 2.92. The molecule has 0 aromatic carbocycles. The standard InChI is InChI=1S/C25H36FN9O4.2H2/c1-5-38-22-14-28-21(13-29-22)31-24(36)34(4)19-15-35(11-8-18(19)26)23-27-9-6-20(30-23)32-25(37)39-17-7-10-33(3)16(2)12-17;;/h6,9,13-14,16-19H,5,7-8,10-12,15H2,1-4H3,(H,28,31,36)(H,27,30,32,37);2*1H/t16-,17+,18+,19-;;/m0../s1. The van der Waals surface area contributed by atoms with Crippen LogP contribution in [-0.2, 0) is 4.74 Å². The number of ether oxygens (including phenoxy) is 2. The maximum Gasteiger partial charge on any atom is 0.413 e. The smallest absolute Gasteiger partial charge is 0.413 e. The van der Waals surface area contributed by atoms with Crippen molar-refractivity contribution < 1.29 is 26.3 Å². The number of piperidine rings is 2. The first kappa shape index (κ1) is 28.2. The molecule has 4 rings (SSSR count). The predicted molar refractivity (Wildman–Crippen MR) is 147 cm³/mol. The van der Waals surface area contributed by atoms with Crippen molar-refractivity contribution in [3.8, 4) is 5.88 Å². The van der Waals surface area contributed by atoms with Gasteiger partial charge in [0.1, 0.15) is 18.1 Å². The van der Waals surface area contributed by atoms with Crippen LogP contribution in [0, 0.1) is 0 Å². The molecule has 2 fully saturated rings. The van der Waals surface area contributed by atoms with Crippen LogP contribution in [-0.4, -0.2) is 107 Å². The van der Waals surface area contributed by atoms with Crippen LogP contribution in [0.5, 0.6) is 5.88 Å². The summed E-state index contributed by atoms with van der Waals surface area (Å²) < 4.78 is 25.8. The van der Waals surface area contributed by atoms with E-state index in [0.29, 0.717) is 31.0 Å². The Kier molecular flexibility index (Phi) is 9.28. The van der Waals surface area contributed by atoms with Gasteiger partial charge >= 0.3 is 12.1 Å². The van der Waals surface area contributed by atoms with E-state index >= 15 is 0 Å². The fraction of sp³-hybridized carbons (Fsp3) is 0.600. The third-order valence-corrected chi connectivity index (χ3v) is 7.06. The lowest BCUT2D eigenvalue weighted by atomic mass is 10.0. The number of nitrogens with zero attached hydrogens (tertiary/aromatic N) is 7. The van der Waals surface area contributed by atoms with Crippen molar-refractivity contribution in [2.75, 3.05) is 55.9 Å². The first-order valence-electron chi connectivity index (χ1n) is 13.1. The Morgan fingerprint density at radius 3 is 2.72 bits per heavy atom. The Balaban J connectivity index is 0.00000294. The van der Waals surface area contributed by atoms with E-state index in [4.69, 9.17) is 9.47 Å². The zero-order valence-corrected chi connectivity index (χ0v) is 22.7. The van der Waals surface area contributed by atoms with Crippen molar-refractivity contribution >= 4 is 29.7 Å². The molecule has 3 amide bonds. The maximum absolute atomic E-state index is 14.9. The first-order valence-corrected chi connectivity index (χ1v) is 13.1. The number of carbonyl (C=O) groups is 2. The van der Waals surface area contributed by atoms with E-state index < -0.39 is 24.3 Å². The molecular formula is C25H40FN9O4. The highest BCUT2D eigenvalue weighted by Crippen LogP contribution is 2.24. The van der Waals surface area contributed by atoms with Gasteiger partial charge in [-0.05, 0) is 46.2 Å². The van der Waals surface area contributed by atoms with Crippen LogP contribution in [0.3, 0.4) is 0 Å². The fourth-order valence-electron chi connectivity index (χ4n) is 4.61. The van der Waals surface area contributed by atoms with E-state index in [1.807, 2.05) is 6.92 Å². The molecule has 2 aliphatic rings. The SMILES string of the molecule is CCOc1cnc(NC(=O)N(C)[C@H]2CN(c3nccc(NC(=O)O[C@@H]4CCN(C)[C@@H](C)C4)n3)CC[C@H]2F)cn1.[HH].[HH]. The molecule has 13 nitrogen and oxygen atoms in total. The van der Waals surface area contributed by atoms with Gasteiger partial charge in [-0.1, -0.05) is 0 Å². The molecule has 14 heteroatoms. The molecule has 2 saturated heterocycles. The third kappa shape index (κ3) is 7.40. The number of hydrogen-bond acceptors (Lipinski definition) is 10. The molecule has 0 spiro atoms. The molecule has 4 atom stereocenters. The summed E-state index contributed by atoms with van der Waals surface area (Å²) >= 11 is 0. The number of anilines is 3. The summed E-state index contributed by atoms with van der Waals surface area (Å²) in [6.45, 7) is 5.77. The van der Waals surface area contributed by atoms with Gasteiger partial charge in [0.05, 0.1) is 25.0 Å². The Hall–Kier alpha value is -3.81. The molecule has 0 radical (unpaired) electrons. The van der Waals surface area contributed by atoms with Crippen LogP contribution >= 0.6 is 0 Å². The number of likely N-dealkylation sites (N-methyl/N-ethyl adjacent to an activating group) is 1. The quantitative estimate of drug-likeness (QED) is 0.529. The highest BCUT2D eigenvalue weighted by Gasteiger charge is 2.35. The van der Waals surface area contributed by atoms with Crippen molar-refractivity contribution in [1.82, 2.24) is 29.7 Å². The lowest BCUT2D eigenvalue weighted by Crippen LogP contribution is -2.55. The molecule has 216 valence electrons. The van der Waals surface area contributed by atoms with Crippen LogP contribution in [0.1, 0.15) is 36.0 Å². The van der Waals surface area contributed by atoms with Crippen molar-refractivity contribution in [1.29, 1.82) is 0 Å². The van der Waals surface area contributed by atoms with Crippen molar-refractivity contribution in [2.24, 2.45) is 0 Å².